The Bertz CT molecular complexity index is 934. The van der Waals surface area contributed by atoms with Crippen LogP contribution in [0.5, 0.6) is 5.75 Å². The zero-order valence-corrected chi connectivity index (χ0v) is 17.6. The van der Waals surface area contributed by atoms with E-state index in [1.165, 1.54) is 23.9 Å². The van der Waals surface area contributed by atoms with E-state index >= 15 is 0 Å². The normalized spacial score (nSPS) is 10.9. The lowest BCUT2D eigenvalue weighted by Gasteiger charge is -2.09. The number of rotatable bonds is 9. The molecule has 0 radical (unpaired) electrons. The van der Waals surface area contributed by atoms with Crippen molar-refractivity contribution in [2.24, 2.45) is 0 Å². The molecule has 29 heavy (non-hydrogen) atoms. The van der Waals surface area contributed by atoms with Crippen molar-refractivity contribution in [3.63, 3.8) is 0 Å². The van der Waals surface area contributed by atoms with E-state index in [4.69, 9.17) is 0 Å². The van der Waals surface area contributed by atoms with Crippen molar-refractivity contribution in [3.05, 3.63) is 71.0 Å². The summed E-state index contributed by atoms with van der Waals surface area (Å²) < 4.78 is 31.5. The van der Waals surface area contributed by atoms with Gasteiger partial charge in [0.1, 0.15) is 5.75 Å². The number of hydrogen-bond acceptors (Lipinski definition) is 4. The minimum Gasteiger partial charge on any atom is -0.435 e. The molecule has 0 bridgehead atoms. The standard InChI is InChI=1S/C20H18BrF2N3O2S/c21-15-3-5-16(6-4-15)26-12-11-25-20(26)29-13-18(27)24-10-9-14-1-7-17(8-2-14)28-19(22)23/h1-8,11-12,19H,9-10,13H2,(H,24,27). The van der Waals surface area contributed by atoms with Gasteiger partial charge >= 0.3 is 6.61 Å². The van der Waals surface area contributed by atoms with Gasteiger partial charge in [0.2, 0.25) is 5.91 Å². The van der Waals surface area contributed by atoms with Crippen LogP contribution in [0.3, 0.4) is 0 Å². The largest absolute Gasteiger partial charge is 0.435 e. The lowest BCUT2D eigenvalue weighted by atomic mass is 10.1. The Morgan fingerprint density at radius 3 is 2.59 bits per heavy atom. The van der Waals surface area contributed by atoms with Crippen molar-refractivity contribution in [3.8, 4) is 11.4 Å². The quantitative estimate of drug-likeness (QED) is 0.450. The number of nitrogens with zero attached hydrogens (tertiary/aromatic N) is 2. The molecule has 1 heterocycles. The van der Waals surface area contributed by atoms with Crippen molar-refractivity contribution in [1.82, 2.24) is 14.9 Å². The molecule has 0 saturated heterocycles. The van der Waals surface area contributed by atoms with Gasteiger partial charge in [0.25, 0.3) is 0 Å². The summed E-state index contributed by atoms with van der Waals surface area (Å²) in [6, 6.07) is 14.2. The molecule has 0 spiro atoms. The molecule has 9 heteroatoms. The van der Waals surface area contributed by atoms with Crippen LogP contribution in [-0.2, 0) is 11.2 Å². The maximum Gasteiger partial charge on any atom is 0.387 e. The molecule has 1 amide bonds. The molecule has 0 aliphatic carbocycles. The van der Waals surface area contributed by atoms with E-state index in [1.54, 1.807) is 18.3 Å². The minimum atomic E-state index is -2.84. The van der Waals surface area contributed by atoms with Crippen LogP contribution >= 0.6 is 27.7 Å². The van der Waals surface area contributed by atoms with Gasteiger partial charge in [-0.1, -0.05) is 39.8 Å². The molecule has 0 fully saturated rings. The maximum atomic E-state index is 12.1. The Kier molecular flexibility index (Phi) is 7.65. The topological polar surface area (TPSA) is 56.2 Å². The number of carbonyl (C=O) groups excluding carboxylic acids is 1. The second-order valence-corrected chi connectivity index (χ2v) is 7.83. The number of alkyl halides is 2. The molecule has 2 aromatic carbocycles. The summed E-state index contributed by atoms with van der Waals surface area (Å²) in [5, 5.41) is 3.59. The van der Waals surface area contributed by atoms with Crippen molar-refractivity contribution < 1.29 is 18.3 Å². The fraction of sp³-hybridized carbons (Fsp3) is 0.200. The van der Waals surface area contributed by atoms with Gasteiger partial charge in [-0.25, -0.2) is 4.98 Å². The fourth-order valence-corrected chi connectivity index (χ4v) is 3.63. The van der Waals surface area contributed by atoms with Crippen LogP contribution in [-0.4, -0.2) is 34.4 Å². The zero-order chi connectivity index (χ0) is 20.6. The van der Waals surface area contributed by atoms with Crippen molar-refractivity contribution in [2.45, 2.75) is 18.2 Å². The summed E-state index contributed by atoms with van der Waals surface area (Å²) >= 11 is 4.77. The molecule has 0 aliphatic heterocycles. The second kappa shape index (κ2) is 10.4. The fourth-order valence-electron chi connectivity index (χ4n) is 2.56. The molecule has 3 aromatic rings. The lowest BCUT2D eigenvalue weighted by molar-refractivity contribution is -0.118. The third-order valence-electron chi connectivity index (χ3n) is 3.93. The molecule has 0 atom stereocenters. The first-order valence-electron chi connectivity index (χ1n) is 8.74. The molecular formula is C20H18BrF2N3O2S. The smallest absolute Gasteiger partial charge is 0.387 e. The van der Waals surface area contributed by atoms with Gasteiger partial charge in [0.15, 0.2) is 5.16 Å². The number of halogens is 3. The molecule has 0 unspecified atom stereocenters. The van der Waals surface area contributed by atoms with Crippen LogP contribution in [0.1, 0.15) is 5.56 Å². The number of aromatic nitrogens is 2. The molecule has 1 aromatic heterocycles. The Balaban J connectivity index is 1.44. The highest BCUT2D eigenvalue weighted by Gasteiger charge is 2.09. The summed E-state index contributed by atoms with van der Waals surface area (Å²) in [4.78, 5) is 16.4. The number of nitrogens with one attached hydrogen (secondary N) is 1. The first-order chi connectivity index (χ1) is 14.0. The molecule has 1 N–H and O–H groups in total. The average molecular weight is 482 g/mol. The Morgan fingerprint density at radius 2 is 1.90 bits per heavy atom. The number of imidazole rings is 1. The van der Waals surface area contributed by atoms with Crippen molar-refractivity contribution in [1.29, 1.82) is 0 Å². The van der Waals surface area contributed by atoms with Gasteiger partial charge in [-0.05, 0) is 48.4 Å². The molecular weight excluding hydrogens is 464 g/mol. The number of benzene rings is 2. The number of ether oxygens (including phenoxy) is 1. The third kappa shape index (κ3) is 6.57. The average Bonchev–Trinajstić information content (AvgIpc) is 3.16. The predicted molar refractivity (Wildman–Crippen MR) is 112 cm³/mol. The van der Waals surface area contributed by atoms with Gasteiger partial charge < -0.3 is 10.1 Å². The number of hydrogen-bond donors (Lipinski definition) is 1. The first kappa shape index (κ1) is 21.3. The highest BCUT2D eigenvalue weighted by atomic mass is 79.9. The molecule has 0 aliphatic rings. The Morgan fingerprint density at radius 1 is 1.17 bits per heavy atom. The van der Waals surface area contributed by atoms with Crippen LogP contribution in [0.25, 0.3) is 5.69 Å². The van der Waals surface area contributed by atoms with Gasteiger partial charge in [0.05, 0.1) is 5.75 Å². The summed E-state index contributed by atoms with van der Waals surface area (Å²) in [5.74, 6) is 0.262. The van der Waals surface area contributed by atoms with Crippen LogP contribution < -0.4 is 10.1 Å². The number of carbonyl (C=O) groups is 1. The summed E-state index contributed by atoms with van der Waals surface area (Å²) in [6.45, 7) is -2.38. The molecule has 5 nitrogen and oxygen atoms in total. The van der Waals surface area contributed by atoms with Gasteiger partial charge in [-0.2, -0.15) is 8.78 Å². The summed E-state index contributed by atoms with van der Waals surface area (Å²) in [7, 11) is 0. The molecule has 152 valence electrons. The van der Waals surface area contributed by atoms with E-state index in [-0.39, 0.29) is 17.4 Å². The SMILES string of the molecule is O=C(CSc1nccn1-c1ccc(Br)cc1)NCCc1ccc(OC(F)F)cc1. The van der Waals surface area contributed by atoms with E-state index in [9.17, 15) is 13.6 Å². The minimum absolute atomic E-state index is 0.0991. The van der Waals surface area contributed by atoms with E-state index in [0.717, 1.165) is 20.9 Å². The second-order valence-electron chi connectivity index (χ2n) is 5.97. The van der Waals surface area contributed by atoms with Crippen LogP contribution in [0.4, 0.5) is 8.78 Å². The van der Waals surface area contributed by atoms with Crippen molar-refractivity contribution in [2.75, 3.05) is 12.3 Å². The van der Waals surface area contributed by atoms with Crippen LogP contribution in [0.15, 0.2) is 70.6 Å². The highest BCUT2D eigenvalue weighted by molar-refractivity contribution is 9.10. The Labute approximate surface area is 179 Å². The van der Waals surface area contributed by atoms with Crippen LogP contribution in [0.2, 0.25) is 0 Å². The number of amides is 1. The monoisotopic (exact) mass is 481 g/mol. The highest BCUT2D eigenvalue weighted by Crippen LogP contribution is 2.21. The Hall–Kier alpha value is -2.39. The molecule has 3 rings (SSSR count). The van der Waals surface area contributed by atoms with E-state index in [2.05, 4.69) is 31.0 Å². The molecule has 0 saturated carbocycles. The lowest BCUT2D eigenvalue weighted by Crippen LogP contribution is -2.27. The van der Waals surface area contributed by atoms with Gasteiger partial charge in [-0.3, -0.25) is 9.36 Å². The van der Waals surface area contributed by atoms with Crippen LogP contribution in [0, 0.1) is 0 Å². The van der Waals surface area contributed by atoms with Crippen molar-refractivity contribution >= 4 is 33.6 Å². The summed E-state index contributed by atoms with van der Waals surface area (Å²) in [6.07, 6.45) is 4.15. The zero-order valence-electron chi connectivity index (χ0n) is 15.2. The van der Waals surface area contributed by atoms with E-state index in [1.807, 2.05) is 35.0 Å². The third-order valence-corrected chi connectivity index (χ3v) is 5.42. The summed E-state index contributed by atoms with van der Waals surface area (Å²) in [5.41, 5.74) is 1.89. The van der Waals surface area contributed by atoms with Gasteiger partial charge in [0, 0.05) is 29.1 Å². The first-order valence-corrected chi connectivity index (χ1v) is 10.5. The van der Waals surface area contributed by atoms with Gasteiger partial charge in [-0.15, -0.1) is 0 Å². The maximum absolute atomic E-state index is 12.1. The number of thioether (sulfide) groups is 1. The predicted octanol–water partition coefficient (Wildman–Crippen LogP) is 4.69. The van der Waals surface area contributed by atoms with E-state index in [0.29, 0.717) is 13.0 Å². The van der Waals surface area contributed by atoms with E-state index < -0.39 is 6.61 Å².